The number of nitrogens with one attached hydrogen (secondary N) is 1. The molecule has 0 unspecified atom stereocenters. The summed E-state index contributed by atoms with van der Waals surface area (Å²) < 4.78 is 10.8. The van der Waals surface area contributed by atoms with Crippen LogP contribution in [0.1, 0.15) is 11.1 Å². The van der Waals surface area contributed by atoms with E-state index in [0.29, 0.717) is 17.5 Å². The molecule has 2 heterocycles. The van der Waals surface area contributed by atoms with Gasteiger partial charge in [0.2, 0.25) is 6.79 Å². The van der Waals surface area contributed by atoms with E-state index in [0.717, 1.165) is 49.9 Å². The molecule has 0 amide bonds. The average Bonchev–Trinajstić information content (AvgIpc) is 3.16. The molecule has 138 valence electrons. The molecule has 0 aromatic heterocycles. The first kappa shape index (κ1) is 17.6. The Bertz CT molecular complexity index is 888. The quantitative estimate of drug-likeness (QED) is 0.822. The van der Waals surface area contributed by atoms with Gasteiger partial charge < -0.3 is 19.7 Å². The molecule has 7 heteroatoms. The van der Waals surface area contributed by atoms with Crippen LogP contribution in [0, 0.1) is 11.3 Å². The molecule has 1 saturated heterocycles. The molecule has 0 bridgehead atoms. The van der Waals surface area contributed by atoms with Gasteiger partial charge in [0.15, 0.2) is 16.6 Å². The molecule has 1 fully saturated rings. The fraction of sp³-hybridized carbons (Fsp3) is 0.300. The second-order valence-electron chi connectivity index (χ2n) is 6.57. The minimum absolute atomic E-state index is 0.305. The number of benzene rings is 2. The zero-order valence-corrected chi connectivity index (χ0v) is 15.7. The lowest BCUT2D eigenvalue weighted by Crippen LogP contribution is -2.49. The normalized spacial score (nSPS) is 16.0. The van der Waals surface area contributed by atoms with Crippen molar-refractivity contribution >= 4 is 23.0 Å². The van der Waals surface area contributed by atoms with Crippen LogP contribution in [0.15, 0.2) is 42.5 Å². The Kier molecular flexibility index (Phi) is 5.10. The third-order valence-corrected chi connectivity index (χ3v) is 5.11. The third-order valence-electron chi connectivity index (χ3n) is 4.75. The van der Waals surface area contributed by atoms with Crippen molar-refractivity contribution in [2.75, 3.05) is 38.3 Å². The zero-order valence-electron chi connectivity index (χ0n) is 14.9. The predicted octanol–water partition coefficient (Wildman–Crippen LogP) is 2.80. The van der Waals surface area contributed by atoms with Crippen molar-refractivity contribution in [2.24, 2.45) is 0 Å². The largest absolute Gasteiger partial charge is 0.454 e. The van der Waals surface area contributed by atoms with Crippen molar-refractivity contribution in [2.45, 2.75) is 6.54 Å². The molecule has 2 aromatic carbocycles. The molecular weight excluding hydrogens is 360 g/mol. The lowest BCUT2D eigenvalue weighted by molar-refractivity contribution is 0.173. The van der Waals surface area contributed by atoms with Gasteiger partial charge in [-0.2, -0.15) is 5.26 Å². The monoisotopic (exact) mass is 380 g/mol. The van der Waals surface area contributed by atoms with Gasteiger partial charge in [-0.3, -0.25) is 4.90 Å². The molecule has 2 aliphatic rings. The topological polar surface area (TPSA) is 60.8 Å². The van der Waals surface area contributed by atoms with Gasteiger partial charge in [0, 0.05) is 38.4 Å². The summed E-state index contributed by atoms with van der Waals surface area (Å²) in [6, 6.07) is 15.6. The Balaban J connectivity index is 1.29. The molecule has 27 heavy (non-hydrogen) atoms. The van der Waals surface area contributed by atoms with Gasteiger partial charge in [0.05, 0.1) is 11.6 Å². The molecule has 2 aliphatic heterocycles. The van der Waals surface area contributed by atoms with E-state index in [4.69, 9.17) is 27.0 Å². The van der Waals surface area contributed by atoms with E-state index in [1.165, 1.54) is 5.56 Å². The van der Waals surface area contributed by atoms with Crippen LogP contribution in [0.5, 0.6) is 11.5 Å². The van der Waals surface area contributed by atoms with Gasteiger partial charge in [0.25, 0.3) is 0 Å². The Morgan fingerprint density at radius 3 is 2.70 bits per heavy atom. The van der Waals surface area contributed by atoms with E-state index in [1.54, 1.807) is 6.07 Å². The zero-order chi connectivity index (χ0) is 18.6. The van der Waals surface area contributed by atoms with Crippen molar-refractivity contribution in [3.63, 3.8) is 0 Å². The smallest absolute Gasteiger partial charge is 0.231 e. The maximum Gasteiger partial charge on any atom is 0.231 e. The minimum atomic E-state index is 0.305. The lowest BCUT2D eigenvalue weighted by atomic mass is 10.1. The molecule has 0 saturated carbocycles. The van der Waals surface area contributed by atoms with Crippen LogP contribution < -0.4 is 14.8 Å². The summed E-state index contributed by atoms with van der Waals surface area (Å²) in [5.41, 5.74) is 2.69. The molecule has 4 rings (SSSR count). The van der Waals surface area contributed by atoms with E-state index < -0.39 is 0 Å². The second kappa shape index (κ2) is 7.82. The van der Waals surface area contributed by atoms with Crippen LogP contribution in [0.4, 0.5) is 5.69 Å². The number of ether oxygens (including phenoxy) is 2. The number of hydrogen-bond acceptors (Lipinski definition) is 5. The highest BCUT2D eigenvalue weighted by Gasteiger charge is 2.20. The number of nitriles is 1. The number of thiocarbonyl (C=S) groups is 1. The van der Waals surface area contributed by atoms with Crippen molar-refractivity contribution < 1.29 is 9.47 Å². The number of nitrogens with zero attached hydrogens (tertiary/aromatic N) is 3. The van der Waals surface area contributed by atoms with Crippen molar-refractivity contribution in [3.8, 4) is 17.6 Å². The van der Waals surface area contributed by atoms with Crippen LogP contribution in [0.3, 0.4) is 0 Å². The average molecular weight is 380 g/mol. The molecule has 0 spiro atoms. The van der Waals surface area contributed by atoms with E-state index in [-0.39, 0.29) is 0 Å². The maximum atomic E-state index is 9.01. The Hall–Kier alpha value is -2.82. The number of piperazine rings is 1. The molecule has 1 N–H and O–H groups in total. The van der Waals surface area contributed by atoms with E-state index in [9.17, 15) is 0 Å². The number of rotatable bonds is 3. The summed E-state index contributed by atoms with van der Waals surface area (Å²) in [4.78, 5) is 4.58. The SMILES string of the molecule is N#Cc1cccc(NC(=S)N2CCN(Cc3ccc4c(c3)OCO4)CC2)c1. The van der Waals surface area contributed by atoms with Gasteiger partial charge in [-0.15, -0.1) is 0 Å². The first-order chi connectivity index (χ1) is 13.2. The number of anilines is 1. The highest BCUT2D eigenvalue weighted by molar-refractivity contribution is 7.80. The van der Waals surface area contributed by atoms with Gasteiger partial charge in [-0.05, 0) is 48.1 Å². The van der Waals surface area contributed by atoms with Gasteiger partial charge in [0.1, 0.15) is 0 Å². The summed E-state index contributed by atoms with van der Waals surface area (Å²) >= 11 is 5.54. The van der Waals surface area contributed by atoms with Crippen molar-refractivity contribution in [1.82, 2.24) is 9.80 Å². The van der Waals surface area contributed by atoms with Crippen LogP contribution in [-0.4, -0.2) is 47.9 Å². The summed E-state index contributed by atoms with van der Waals surface area (Å²) in [5, 5.41) is 12.9. The van der Waals surface area contributed by atoms with Crippen LogP contribution in [0.25, 0.3) is 0 Å². The lowest BCUT2D eigenvalue weighted by Gasteiger charge is -2.36. The number of fused-ring (bicyclic) bond motifs is 1. The number of hydrogen-bond donors (Lipinski definition) is 1. The minimum Gasteiger partial charge on any atom is -0.454 e. The summed E-state index contributed by atoms with van der Waals surface area (Å²) in [7, 11) is 0. The van der Waals surface area contributed by atoms with Crippen LogP contribution in [0.2, 0.25) is 0 Å². The fourth-order valence-corrected chi connectivity index (χ4v) is 3.58. The summed E-state index contributed by atoms with van der Waals surface area (Å²) in [6.45, 7) is 4.81. The van der Waals surface area contributed by atoms with Crippen molar-refractivity contribution in [1.29, 1.82) is 5.26 Å². The summed E-state index contributed by atoms with van der Waals surface area (Å²) in [6.07, 6.45) is 0. The second-order valence-corrected chi connectivity index (χ2v) is 6.96. The van der Waals surface area contributed by atoms with Gasteiger partial charge >= 0.3 is 0 Å². The molecule has 0 atom stereocenters. The Labute approximate surface area is 163 Å². The highest BCUT2D eigenvalue weighted by atomic mass is 32.1. The standard InChI is InChI=1S/C20H20N4O2S/c21-12-15-2-1-3-17(10-15)22-20(27)24-8-6-23(7-9-24)13-16-4-5-18-19(11-16)26-14-25-18/h1-5,10-11H,6-9,13-14H2,(H,22,27). The van der Waals surface area contributed by atoms with Crippen LogP contribution >= 0.6 is 12.2 Å². The van der Waals surface area contributed by atoms with Gasteiger partial charge in [-0.1, -0.05) is 12.1 Å². The molecular formula is C20H20N4O2S. The van der Waals surface area contributed by atoms with E-state index in [2.05, 4.69) is 33.3 Å². The highest BCUT2D eigenvalue weighted by Crippen LogP contribution is 2.32. The first-order valence-corrected chi connectivity index (χ1v) is 9.29. The fourth-order valence-electron chi connectivity index (χ4n) is 3.28. The molecule has 0 radical (unpaired) electrons. The first-order valence-electron chi connectivity index (χ1n) is 8.88. The third kappa shape index (κ3) is 4.13. The molecule has 2 aromatic rings. The Morgan fingerprint density at radius 2 is 1.89 bits per heavy atom. The summed E-state index contributed by atoms with van der Waals surface area (Å²) in [5.74, 6) is 1.65. The van der Waals surface area contributed by atoms with E-state index in [1.807, 2.05) is 24.3 Å². The molecule has 6 nitrogen and oxygen atoms in total. The van der Waals surface area contributed by atoms with E-state index >= 15 is 0 Å². The molecule has 0 aliphatic carbocycles. The van der Waals surface area contributed by atoms with Crippen molar-refractivity contribution in [3.05, 3.63) is 53.6 Å². The predicted molar refractivity (Wildman–Crippen MR) is 107 cm³/mol. The van der Waals surface area contributed by atoms with Crippen LogP contribution in [-0.2, 0) is 6.54 Å². The van der Waals surface area contributed by atoms with Gasteiger partial charge in [-0.25, -0.2) is 0 Å². The Morgan fingerprint density at radius 1 is 1.07 bits per heavy atom. The maximum absolute atomic E-state index is 9.01.